The van der Waals surface area contributed by atoms with E-state index in [2.05, 4.69) is 22.1 Å². The molecule has 0 spiro atoms. The lowest BCUT2D eigenvalue weighted by atomic mass is 10.0. The quantitative estimate of drug-likeness (QED) is 0.829. The van der Waals surface area contributed by atoms with E-state index in [9.17, 15) is 4.79 Å². The second-order valence-electron chi connectivity index (χ2n) is 4.73. The predicted octanol–water partition coefficient (Wildman–Crippen LogP) is 2.26. The standard InChI is InChI=1S/C17H17N3O/c1-12-5-6-14(4-3-8-18)15(10-12)17(21)20-16-11-13(2)7-9-19-16/h5-7,9-11H,8,18H2,1-2H3,(H,19,20,21). The fraction of sp³-hybridized carbons (Fsp3) is 0.176. The zero-order chi connectivity index (χ0) is 15.2. The van der Waals surface area contributed by atoms with Gasteiger partial charge in [0.15, 0.2) is 0 Å². The van der Waals surface area contributed by atoms with Gasteiger partial charge >= 0.3 is 0 Å². The van der Waals surface area contributed by atoms with Crippen LogP contribution in [-0.4, -0.2) is 17.4 Å². The monoisotopic (exact) mass is 279 g/mol. The van der Waals surface area contributed by atoms with Gasteiger partial charge in [-0.25, -0.2) is 4.98 Å². The summed E-state index contributed by atoms with van der Waals surface area (Å²) in [6.07, 6.45) is 1.66. The minimum atomic E-state index is -0.224. The SMILES string of the molecule is Cc1ccnc(NC(=O)c2cc(C)ccc2C#CCN)c1. The number of aromatic nitrogens is 1. The van der Waals surface area contributed by atoms with Crippen LogP contribution >= 0.6 is 0 Å². The van der Waals surface area contributed by atoms with Gasteiger partial charge in [-0.15, -0.1) is 0 Å². The molecule has 1 aromatic heterocycles. The Morgan fingerprint density at radius 3 is 2.71 bits per heavy atom. The molecule has 4 nitrogen and oxygen atoms in total. The van der Waals surface area contributed by atoms with E-state index in [4.69, 9.17) is 5.73 Å². The lowest BCUT2D eigenvalue weighted by Crippen LogP contribution is -2.15. The first-order chi connectivity index (χ1) is 10.1. The third kappa shape index (κ3) is 3.91. The van der Waals surface area contributed by atoms with Gasteiger partial charge in [-0.05, 0) is 43.7 Å². The normalized spacial score (nSPS) is 9.67. The highest BCUT2D eigenvalue weighted by Gasteiger charge is 2.11. The molecule has 1 aromatic carbocycles. The zero-order valence-corrected chi connectivity index (χ0v) is 12.1. The summed E-state index contributed by atoms with van der Waals surface area (Å²) in [5.41, 5.74) is 8.61. The van der Waals surface area contributed by atoms with Gasteiger partial charge in [0, 0.05) is 11.8 Å². The molecular formula is C17H17N3O. The fourth-order valence-corrected chi connectivity index (χ4v) is 1.89. The number of pyridine rings is 1. The maximum atomic E-state index is 12.4. The molecule has 2 aromatic rings. The number of carbonyl (C=O) groups excluding carboxylic acids is 1. The van der Waals surface area contributed by atoms with Gasteiger partial charge in [-0.2, -0.15) is 0 Å². The van der Waals surface area contributed by atoms with Crippen LogP contribution < -0.4 is 11.1 Å². The van der Waals surface area contributed by atoms with E-state index in [0.29, 0.717) is 16.9 Å². The number of nitrogens with one attached hydrogen (secondary N) is 1. The first kappa shape index (κ1) is 14.8. The fourth-order valence-electron chi connectivity index (χ4n) is 1.89. The zero-order valence-electron chi connectivity index (χ0n) is 12.1. The lowest BCUT2D eigenvalue weighted by molar-refractivity contribution is 0.102. The largest absolute Gasteiger partial charge is 0.320 e. The molecule has 0 saturated heterocycles. The van der Waals surface area contributed by atoms with Crippen LogP contribution in [0.25, 0.3) is 0 Å². The van der Waals surface area contributed by atoms with E-state index in [1.54, 1.807) is 6.20 Å². The van der Waals surface area contributed by atoms with Gasteiger partial charge in [-0.1, -0.05) is 23.5 Å². The molecule has 21 heavy (non-hydrogen) atoms. The number of carbonyl (C=O) groups is 1. The Morgan fingerprint density at radius 1 is 1.24 bits per heavy atom. The second kappa shape index (κ2) is 6.69. The van der Waals surface area contributed by atoms with E-state index < -0.39 is 0 Å². The van der Waals surface area contributed by atoms with Crippen molar-refractivity contribution in [2.75, 3.05) is 11.9 Å². The molecule has 1 heterocycles. The highest BCUT2D eigenvalue weighted by atomic mass is 16.1. The van der Waals surface area contributed by atoms with E-state index in [1.807, 2.05) is 44.2 Å². The topological polar surface area (TPSA) is 68.0 Å². The van der Waals surface area contributed by atoms with Crippen LogP contribution in [0.1, 0.15) is 27.0 Å². The van der Waals surface area contributed by atoms with Crippen molar-refractivity contribution in [3.8, 4) is 11.8 Å². The Morgan fingerprint density at radius 2 is 2.00 bits per heavy atom. The molecule has 0 bridgehead atoms. The van der Waals surface area contributed by atoms with Crippen LogP contribution in [0.4, 0.5) is 5.82 Å². The minimum absolute atomic E-state index is 0.224. The number of anilines is 1. The summed E-state index contributed by atoms with van der Waals surface area (Å²) >= 11 is 0. The van der Waals surface area contributed by atoms with Gasteiger partial charge in [0.1, 0.15) is 5.82 Å². The Bertz CT molecular complexity index is 726. The molecule has 4 heteroatoms. The Balaban J connectivity index is 2.32. The molecule has 0 aliphatic heterocycles. The summed E-state index contributed by atoms with van der Waals surface area (Å²) in [6.45, 7) is 4.14. The predicted molar refractivity (Wildman–Crippen MR) is 84.0 cm³/mol. The van der Waals surface area contributed by atoms with Crippen LogP contribution in [0.2, 0.25) is 0 Å². The van der Waals surface area contributed by atoms with Crippen molar-refractivity contribution >= 4 is 11.7 Å². The first-order valence-electron chi connectivity index (χ1n) is 6.64. The molecule has 0 fully saturated rings. The van der Waals surface area contributed by atoms with Crippen molar-refractivity contribution in [2.45, 2.75) is 13.8 Å². The van der Waals surface area contributed by atoms with Crippen LogP contribution in [0.15, 0.2) is 36.5 Å². The van der Waals surface area contributed by atoms with E-state index in [1.165, 1.54) is 0 Å². The molecular weight excluding hydrogens is 262 g/mol. The number of hydrogen-bond donors (Lipinski definition) is 2. The highest BCUT2D eigenvalue weighted by molar-refractivity contribution is 6.05. The highest BCUT2D eigenvalue weighted by Crippen LogP contribution is 2.14. The molecule has 2 rings (SSSR count). The molecule has 0 radical (unpaired) electrons. The molecule has 106 valence electrons. The molecule has 0 aliphatic rings. The lowest BCUT2D eigenvalue weighted by Gasteiger charge is -2.08. The Hall–Kier alpha value is -2.64. The summed E-state index contributed by atoms with van der Waals surface area (Å²) in [6, 6.07) is 9.25. The first-order valence-corrected chi connectivity index (χ1v) is 6.64. The number of nitrogens with two attached hydrogens (primary N) is 1. The van der Waals surface area contributed by atoms with Gasteiger partial charge in [0.2, 0.25) is 0 Å². The molecule has 0 aliphatic carbocycles. The van der Waals surface area contributed by atoms with Crippen LogP contribution in [0.5, 0.6) is 0 Å². The molecule has 0 saturated carbocycles. The summed E-state index contributed by atoms with van der Waals surface area (Å²) in [5.74, 6) is 6.00. The molecule has 1 amide bonds. The average molecular weight is 279 g/mol. The van der Waals surface area contributed by atoms with Gasteiger partial charge < -0.3 is 11.1 Å². The average Bonchev–Trinajstić information content (AvgIpc) is 2.46. The number of amides is 1. The van der Waals surface area contributed by atoms with Crippen molar-refractivity contribution in [1.82, 2.24) is 4.98 Å². The summed E-state index contributed by atoms with van der Waals surface area (Å²) in [4.78, 5) is 16.5. The van der Waals surface area contributed by atoms with E-state index in [-0.39, 0.29) is 12.5 Å². The summed E-state index contributed by atoms with van der Waals surface area (Å²) in [7, 11) is 0. The smallest absolute Gasteiger partial charge is 0.258 e. The van der Waals surface area contributed by atoms with Crippen molar-refractivity contribution in [3.63, 3.8) is 0 Å². The van der Waals surface area contributed by atoms with Crippen molar-refractivity contribution in [2.24, 2.45) is 5.73 Å². The van der Waals surface area contributed by atoms with Gasteiger partial charge in [0.25, 0.3) is 5.91 Å². The Labute approximate surface area is 124 Å². The molecule has 0 unspecified atom stereocenters. The van der Waals surface area contributed by atoms with Crippen molar-refractivity contribution < 1.29 is 4.79 Å². The van der Waals surface area contributed by atoms with Crippen LogP contribution in [0.3, 0.4) is 0 Å². The molecule has 0 atom stereocenters. The van der Waals surface area contributed by atoms with Crippen molar-refractivity contribution in [1.29, 1.82) is 0 Å². The third-order valence-electron chi connectivity index (χ3n) is 2.90. The number of nitrogens with zero attached hydrogens (tertiary/aromatic N) is 1. The summed E-state index contributed by atoms with van der Waals surface area (Å²) in [5, 5.41) is 2.79. The Kier molecular flexibility index (Phi) is 4.70. The summed E-state index contributed by atoms with van der Waals surface area (Å²) < 4.78 is 0. The maximum Gasteiger partial charge on any atom is 0.258 e. The number of aryl methyl sites for hydroxylation is 2. The third-order valence-corrected chi connectivity index (χ3v) is 2.90. The minimum Gasteiger partial charge on any atom is -0.320 e. The maximum absolute atomic E-state index is 12.4. The van der Waals surface area contributed by atoms with E-state index in [0.717, 1.165) is 11.1 Å². The van der Waals surface area contributed by atoms with Gasteiger partial charge in [0.05, 0.1) is 12.1 Å². The van der Waals surface area contributed by atoms with E-state index >= 15 is 0 Å². The van der Waals surface area contributed by atoms with Crippen LogP contribution in [0, 0.1) is 25.7 Å². The molecule has 3 N–H and O–H groups in total. The number of hydrogen-bond acceptors (Lipinski definition) is 3. The van der Waals surface area contributed by atoms with Gasteiger partial charge in [-0.3, -0.25) is 4.79 Å². The number of benzene rings is 1. The second-order valence-corrected chi connectivity index (χ2v) is 4.73. The van der Waals surface area contributed by atoms with Crippen molar-refractivity contribution in [3.05, 3.63) is 58.8 Å². The number of rotatable bonds is 2. The van der Waals surface area contributed by atoms with Crippen LogP contribution in [-0.2, 0) is 0 Å².